The number of rotatable bonds is 3. The van der Waals surface area contributed by atoms with Gasteiger partial charge in [0.2, 0.25) is 0 Å². The van der Waals surface area contributed by atoms with Crippen LogP contribution in [0.3, 0.4) is 0 Å². The van der Waals surface area contributed by atoms with Gasteiger partial charge in [-0.2, -0.15) is 17.6 Å². The van der Waals surface area contributed by atoms with Crippen LogP contribution in [0.4, 0.5) is 22.4 Å². The Bertz CT molecular complexity index is 166. The molecule has 0 unspecified atom stereocenters. The molecule has 0 heterocycles. The molecule has 0 rings (SSSR count). The molecule has 78 valence electrons. The third kappa shape index (κ3) is 10.5. The van der Waals surface area contributed by atoms with E-state index in [-0.39, 0.29) is 6.26 Å². The summed E-state index contributed by atoms with van der Waals surface area (Å²) < 4.78 is 48.3. The molecule has 0 radical (unpaired) electrons. The van der Waals surface area contributed by atoms with Crippen molar-refractivity contribution in [3.8, 4) is 0 Å². The smallest absolute Gasteiger partial charge is 0.450 e. The van der Waals surface area contributed by atoms with Crippen LogP contribution in [0.5, 0.6) is 0 Å². The summed E-state index contributed by atoms with van der Waals surface area (Å²) in [7, 11) is 0. The van der Waals surface area contributed by atoms with Crippen molar-refractivity contribution in [1.29, 1.82) is 0 Å². The van der Waals surface area contributed by atoms with Crippen molar-refractivity contribution in [3.05, 3.63) is 12.8 Å². The molecule has 0 aliphatic rings. The van der Waals surface area contributed by atoms with Crippen LogP contribution < -0.4 is 0 Å². The van der Waals surface area contributed by atoms with Crippen molar-refractivity contribution in [2.75, 3.05) is 0 Å². The maximum Gasteiger partial charge on any atom is 0.503 e. The zero-order valence-corrected chi connectivity index (χ0v) is 6.08. The molecule has 0 fully saturated rings. The SMILES string of the molecule is C=COC(F)(F)C(F)F.O=C(O)O. The number of halogens is 4. The average molecular weight is 206 g/mol. The van der Waals surface area contributed by atoms with E-state index in [0.29, 0.717) is 0 Å². The minimum atomic E-state index is -4.40. The van der Waals surface area contributed by atoms with Gasteiger partial charge in [0.15, 0.2) is 0 Å². The van der Waals surface area contributed by atoms with Crippen molar-refractivity contribution >= 4 is 6.16 Å². The summed E-state index contributed by atoms with van der Waals surface area (Å²) in [6, 6.07) is 0. The van der Waals surface area contributed by atoms with Gasteiger partial charge >= 0.3 is 18.7 Å². The van der Waals surface area contributed by atoms with E-state index in [0.717, 1.165) is 0 Å². The molecule has 0 bridgehead atoms. The number of ether oxygens (including phenoxy) is 1. The normalized spacial score (nSPS) is 9.92. The fraction of sp³-hybridized carbons (Fsp3) is 0.400. The van der Waals surface area contributed by atoms with Gasteiger partial charge < -0.3 is 14.9 Å². The fourth-order valence-electron chi connectivity index (χ4n) is 0.163. The molecule has 0 amide bonds. The number of hydrogen-bond donors (Lipinski definition) is 2. The Labute approximate surface area is 70.0 Å². The summed E-state index contributed by atoms with van der Waals surface area (Å²) in [6.07, 6.45) is -9.77. The fourth-order valence-corrected chi connectivity index (χ4v) is 0.163. The van der Waals surface area contributed by atoms with Crippen LogP contribution in [0.2, 0.25) is 0 Å². The van der Waals surface area contributed by atoms with Crippen LogP contribution in [0.25, 0.3) is 0 Å². The van der Waals surface area contributed by atoms with Crippen molar-refractivity contribution in [2.45, 2.75) is 12.5 Å². The van der Waals surface area contributed by atoms with Crippen molar-refractivity contribution in [3.63, 3.8) is 0 Å². The van der Waals surface area contributed by atoms with E-state index in [1.807, 2.05) is 0 Å². The van der Waals surface area contributed by atoms with Crippen LogP contribution in [0.15, 0.2) is 12.8 Å². The molecular weight excluding hydrogens is 200 g/mol. The summed E-state index contributed by atoms with van der Waals surface area (Å²) in [5, 5.41) is 13.9. The lowest BCUT2D eigenvalue weighted by atomic mass is 10.7. The number of carbonyl (C=O) groups is 1. The molecule has 0 aliphatic carbocycles. The highest BCUT2D eigenvalue weighted by molar-refractivity contribution is 5.53. The summed E-state index contributed by atoms with van der Waals surface area (Å²) in [4.78, 5) is 8.56. The van der Waals surface area contributed by atoms with E-state index in [9.17, 15) is 17.6 Å². The Morgan fingerprint density at radius 2 is 1.77 bits per heavy atom. The second-order valence-electron chi connectivity index (χ2n) is 1.43. The molecule has 0 aliphatic heterocycles. The predicted molar refractivity (Wildman–Crippen MR) is 32.9 cm³/mol. The first kappa shape index (κ1) is 14.1. The van der Waals surface area contributed by atoms with E-state index < -0.39 is 18.7 Å². The second kappa shape index (κ2) is 6.09. The van der Waals surface area contributed by atoms with E-state index in [2.05, 4.69) is 11.3 Å². The Hall–Kier alpha value is -1.47. The van der Waals surface area contributed by atoms with E-state index in [1.165, 1.54) is 0 Å². The average Bonchev–Trinajstić information content (AvgIpc) is 1.85. The zero-order valence-electron chi connectivity index (χ0n) is 6.08. The molecule has 13 heavy (non-hydrogen) atoms. The van der Waals surface area contributed by atoms with E-state index in [1.54, 1.807) is 0 Å². The lowest BCUT2D eigenvalue weighted by Gasteiger charge is -2.12. The molecule has 0 saturated heterocycles. The van der Waals surface area contributed by atoms with E-state index in [4.69, 9.17) is 15.0 Å². The molecule has 0 aromatic rings. The maximum absolute atomic E-state index is 11.5. The van der Waals surface area contributed by atoms with Gasteiger partial charge in [-0.25, -0.2) is 4.79 Å². The predicted octanol–water partition coefficient (Wildman–Crippen LogP) is 2.23. The lowest BCUT2D eigenvalue weighted by molar-refractivity contribution is -0.274. The second-order valence-corrected chi connectivity index (χ2v) is 1.43. The zero-order chi connectivity index (χ0) is 11.1. The first-order chi connectivity index (χ1) is 5.74. The third-order valence-electron chi connectivity index (χ3n) is 0.495. The first-order valence-corrected chi connectivity index (χ1v) is 2.60. The molecular formula is C5H6F4O4. The first-order valence-electron chi connectivity index (χ1n) is 2.60. The molecule has 4 nitrogen and oxygen atoms in total. The van der Waals surface area contributed by atoms with Gasteiger partial charge in [0.1, 0.15) is 0 Å². The summed E-state index contributed by atoms with van der Waals surface area (Å²) in [5.41, 5.74) is 0. The largest absolute Gasteiger partial charge is 0.503 e. The van der Waals surface area contributed by atoms with Crippen LogP contribution in [0.1, 0.15) is 0 Å². The molecule has 0 saturated carbocycles. The standard InChI is InChI=1S/C4H4F4O.CH2O3/c1-2-9-4(7,8)3(5)6;2-1(3)4/h2-3H,1H2;(H2,2,3,4). The van der Waals surface area contributed by atoms with Gasteiger partial charge in [-0.05, 0) is 0 Å². The van der Waals surface area contributed by atoms with Gasteiger partial charge in [-0.15, -0.1) is 0 Å². The molecule has 2 N–H and O–H groups in total. The number of hydrogen-bond acceptors (Lipinski definition) is 2. The molecule has 0 spiro atoms. The summed E-state index contributed by atoms with van der Waals surface area (Å²) >= 11 is 0. The molecule has 0 atom stereocenters. The Balaban J connectivity index is 0. The number of alkyl halides is 4. The minimum Gasteiger partial charge on any atom is -0.450 e. The van der Waals surface area contributed by atoms with Gasteiger partial charge in [0.25, 0.3) is 0 Å². The molecule has 8 heteroatoms. The van der Waals surface area contributed by atoms with Crippen molar-refractivity contribution in [1.82, 2.24) is 0 Å². The van der Waals surface area contributed by atoms with Gasteiger partial charge in [0.05, 0.1) is 6.26 Å². The van der Waals surface area contributed by atoms with Crippen molar-refractivity contribution in [2.24, 2.45) is 0 Å². The highest BCUT2D eigenvalue weighted by Gasteiger charge is 2.42. The Morgan fingerprint density at radius 3 is 1.85 bits per heavy atom. The quantitative estimate of drug-likeness (QED) is 0.548. The third-order valence-corrected chi connectivity index (χ3v) is 0.495. The summed E-state index contributed by atoms with van der Waals surface area (Å²) in [5.74, 6) is 0. The van der Waals surface area contributed by atoms with Crippen LogP contribution in [0, 0.1) is 0 Å². The Morgan fingerprint density at radius 1 is 1.46 bits per heavy atom. The Kier molecular flexibility index (Phi) is 6.60. The van der Waals surface area contributed by atoms with Gasteiger partial charge in [-0.3, -0.25) is 0 Å². The van der Waals surface area contributed by atoms with Crippen LogP contribution in [-0.4, -0.2) is 28.9 Å². The number of carboxylic acid groups (broad SMARTS) is 2. The van der Waals surface area contributed by atoms with Crippen LogP contribution in [-0.2, 0) is 4.74 Å². The summed E-state index contributed by atoms with van der Waals surface area (Å²) in [6.45, 7) is 2.69. The van der Waals surface area contributed by atoms with Crippen molar-refractivity contribution < 1.29 is 37.3 Å². The minimum absolute atomic E-state index is 0.270. The molecule has 0 aromatic heterocycles. The molecule has 0 aromatic carbocycles. The van der Waals surface area contributed by atoms with Gasteiger partial charge in [0, 0.05) is 0 Å². The monoisotopic (exact) mass is 206 g/mol. The highest BCUT2D eigenvalue weighted by atomic mass is 19.3. The van der Waals surface area contributed by atoms with Gasteiger partial charge in [-0.1, -0.05) is 6.58 Å². The highest BCUT2D eigenvalue weighted by Crippen LogP contribution is 2.23. The topological polar surface area (TPSA) is 66.8 Å². The van der Waals surface area contributed by atoms with Crippen LogP contribution >= 0.6 is 0 Å². The van der Waals surface area contributed by atoms with E-state index >= 15 is 0 Å². The maximum atomic E-state index is 11.5. The lowest BCUT2D eigenvalue weighted by Crippen LogP contribution is -2.27.